The van der Waals surface area contributed by atoms with Crippen LogP contribution in [-0.2, 0) is 11.8 Å². The first-order valence-electron chi connectivity index (χ1n) is 4.89. The summed E-state index contributed by atoms with van der Waals surface area (Å²) in [7, 11) is 0. The van der Waals surface area contributed by atoms with E-state index in [4.69, 9.17) is 0 Å². The molecular formula is C11H15N3. The molecule has 0 atom stereocenters. The number of fused-ring (bicyclic) bond motifs is 1. The monoisotopic (exact) mass is 189 g/mol. The molecule has 0 N–H and O–H groups in total. The van der Waals surface area contributed by atoms with Crippen LogP contribution in [0.2, 0.25) is 0 Å². The third kappa shape index (κ3) is 1.43. The van der Waals surface area contributed by atoms with Gasteiger partial charge in [-0.25, -0.2) is 9.97 Å². The van der Waals surface area contributed by atoms with Gasteiger partial charge < -0.3 is 0 Å². The number of nitrogens with zero attached hydrogens (tertiary/aromatic N) is 3. The predicted molar refractivity (Wildman–Crippen MR) is 57.3 cm³/mol. The van der Waals surface area contributed by atoms with Crippen LogP contribution in [0, 0.1) is 6.92 Å². The summed E-state index contributed by atoms with van der Waals surface area (Å²) in [5.74, 6) is 0.846. The van der Waals surface area contributed by atoms with Gasteiger partial charge in [0.25, 0.3) is 0 Å². The molecule has 0 aliphatic carbocycles. The maximum Gasteiger partial charge on any atom is 0.126 e. The number of hydrogen-bond acceptors (Lipinski definition) is 3. The van der Waals surface area contributed by atoms with Crippen molar-refractivity contribution in [3.8, 4) is 0 Å². The number of aromatic nitrogens is 2. The van der Waals surface area contributed by atoms with Gasteiger partial charge in [0, 0.05) is 18.1 Å². The molecule has 0 unspecified atom stereocenters. The summed E-state index contributed by atoms with van der Waals surface area (Å²) in [6.45, 7) is 8.41. The SMILES string of the molecule is Cc1nc2c(c(C(C)(C)C)n1)N=CC2. The highest BCUT2D eigenvalue weighted by molar-refractivity contribution is 5.75. The Morgan fingerprint density at radius 2 is 1.93 bits per heavy atom. The van der Waals surface area contributed by atoms with Gasteiger partial charge in [0.05, 0.1) is 11.4 Å². The second-order valence-corrected chi connectivity index (χ2v) is 4.68. The molecule has 0 spiro atoms. The maximum atomic E-state index is 4.49. The summed E-state index contributed by atoms with van der Waals surface area (Å²) in [6, 6.07) is 0. The molecule has 2 rings (SSSR count). The van der Waals surface area contributed by atoms with Crippen LogP contribution in [0.1, 0.15) is 38.0 Å². The summed E-state index contributed by atoms with van der Waals surface area (Å²) >= 11 is 0. The Labute approximate surface area is 84.3 Å². The minimum absolute atomic E-state index is 0.0411. The minimum atomic E-state index is 0.0411. The lowest BCUT2D eigenvalue weighted by molar-refractivity contribution is 0.565. The highest BCUT2D eigenvalue weighted by Gasteiger charge is 2.24. The zero-order valence-electron chi connectivity index (χ0n) is 9.13. The second-order valence-electron chi connectivity index (χ2n) is 4.68. The molecule has 3 nitrogen and oxygen atoms in total. The van der Waals surface area contributed by atoms with Gasteiger partial charge in [0.15, 0.2) is 0 Å². The topological polar surface area (TPSA) is 38.1 Å². The predicted octanol–water partition coefficient (Wildman–Crippen LogP) is 2.34. The lowest BCUT2D eigenvalue weighted by atomic mass is 9.90. The summed E-state index contributed by atoms with van der Waals surface area (Å²) < 4.78 is 0. The second kappa shape index (κ2) is 2.87. The van der Waals surface area contributed by atoms with E-state index in [9.17, 15) is 0 Å². The van der Waals surface area contributed by atoms with E-state index in [2.05, 4.69) is 35.7 Å². The van der Waals surface area contributed by atoms with Crippen molar-refractivity contribution in [2.45, 2.75) is 39.5 Å². The molecule has 74 valence electrons. The van der Waals surface area contributed by atoms with Crippen LogP contribution < -0.4 is 0 Å². The van der Waals surface area contributed by atoms with Crippen LogP contribution in [0.3, 0.4) is 0 Å². The van der Waals surface area contributed by atoms with Crippen LogP contribution in [0.15, 0.2) is 4.99 Å². The lowest BCUT2D eigenvalue weighted by Gasteiger charge is -2.20. The van der Waals surface area contributed by atoms with Gasteiger partial charge in [-0.3, -0.25) is 4.99 Å². The van der Waals surface area contributed by atoms with Crippen molar-refractivity contribution in [3.63, 3.8) is 0 Å². The summed E-state index contributed by atoms with van der Waals surface area (Å²) in [5.41, 5.74) is 3.17. The van der Waals surface area contributed by atoms with E-state index in [0.29, 0.717) is 0 Å². The molecule has 0 fully saturated rings. The van der Waals surface area contributed by atoms with Gasteiger partial charge in [-0.05, 0) is 6.92 Å². The maximum absolute atomic E-state index is 4.49. The van der Waals surface area contributed by atoms with Crippen molar-refractivity contribution in [2.24, 2.45) is 4.99 Å². The Kier molecular flexibility index (Phi) is 1.91. The van der Waals surface area contributed by atoms with Crippen molar-refractivity contribution in [3.05, 3.63) is 17.2 Å². The van der Waals surface area contributed by atoms with Crippen LogP contribution in [0.5, 0.6) is 0 Å². The molecular weight excluding hydrogens is 174 g/mol. The average molecular weight is 189 g/mol. The Morgan fingerprint density at radius 3 is 2.57 bits per heavy atom. The largest absolute Gasteiger partial charge is 0.257 e. The fourth-order valence-corrected chi connectivity index (χ4v) is 1.65. The Balaban J connectivity index is 2.65. The Bertz CT molecular complexity index is 400. The van der Waals surface area contributed by atoms with E-state index in [0.717, 1.165) is 29.3 Å². The number of hydrogen-bond donors (Lipinski definition) is 0. The Hall–Kier alpha value is -1.25. The van der Waals surface area contributed by atoms with E-state index in [1.54, 1.807) is 0 Å². The van der Waals surface area contributed by atoms with E-state index in [1.165, 1.54) is 0 Å². The molecule has 1 aliphatic heterocycles. The first kappa shape index (κ1) is 9.31. The first-order chi connectivity index (χ1) is 6.48. The van der Waals surface area contributed by atoms with Gasteiger partial charge in [-0.15, -0.1) is 0 Å². The van der Waals surface area contributed by atoms with Crippen molar-refractivity contribution in [1.29, 1.82) is 0 Å². The van der Waals surface area contributed by atoms with Crippen molar-refractivity contribution < 1.29 is 0 Å². The van der Waals surface area contributed by atoms with E-state index in [1.807, 2.05) is 13.1 Å². The zero-order chi connectivity index (χ0) is 10.3. The fraction of sp³-hybridized carbons (Fsp3) is 0.545. The van der Waals surface area contributed by atoms with Gasteiger partial charge in [0.2, 0.25) is 0 Å². The lowest BCUT2D eigenvalue weighted by Crippen LogP contribution is -2.15. The minimum Gasteiger partial charge on any atom is -0.257 e. The molecule has 0 radical (unpaired) electrons. The molecule has 14 heavy (non-hydrogen) atoms. The molecule has 1 aliphatic rings. The van der Waals surface area contributed by atoms with Crippen molar-refractivity contribution in [1.82, 2.24) is 9.97 Å². The van der Waals surface area contributed by atoms with Crippen LogP contribution in [-0.4, -0.2) is 16.2 Å². The summed E-state index contributed by atoms with van der Waals surface area (Å²) in [6.07, 6.45) is 2.76. The molecule has 0 bridgehead atoms. The molecule has 2 heterocycles. The number of aliphatic imine (C=N–C) groups is 1. The van der Waals surface area contributed by atoms with Crippen LogP contribution in [0.4, 0.5) is 5.69 Å². The van der Waals surface area contributed by atoms with Gasteiger partial charge in [-0.1, -0.05) is 20.8 Å². The standard InChI is InChI=1S/C11H15N3/c1-7-13-8-5-6-12-9(8)10(14-7)11(2,3)4/h6H,5H2,1-4H3. The molecule has 0 saturated heterocycles. The van der Waals surface area contributed by atoms with Gasteiger partial charge in [-0.2, -0.15) is 0 Å². The third-order valence-electron chi connectivity index (χ3n) is 2.28. The highest BCUT2D eigenvalue weighted by atomic mass is 15.0. The molecule has 1 aromatic rings. The molecule has 1 aromatic heterocycles. The molecule has 3 heteroatoms. The molecule has 0 aromatic carbocycles. The number of rotatable bonds is 0. The summed E-state index contributed by atoms with van der Waals surface area (Å²) in [4.78, 5) is 13.2. The van der Waals surface area contributed by atoms with Gasteiger partial charge >= 0.3 is 0 Å². The van der Waals surface area contributed by atoms with Crippen LogP contribution in [0.25, 0.3) is 0 Å². The third-order valence-corrected chi connectivity index (χ3v) is 2.28. The van der Waals surface area contributed by atoms with E-state index < -0.39 is 0 Å². The smallest absolute Gasteiger partial charge is 0.126 e. The van der Waals surface area contributed by atoms with Crippen molar-refractivity contribution >= 4 is 11.9 Å². The number of aryl methyl sites for hydroxylation is 1. The van der Waals surface area contributed by atoms with Crippen molar-refractivity contribution in [2.75, 3.05) is 0 Å². The molecule has 0 saturated carbocycles. The Morgan fingerprint density at radius 1 is 1.21 bits per heavy atom. The normalized spacial score (nSPS) is 14.6. The van der Waals surface area contributed by atoms with E-state index >= 15 is 0 Å². The van der Waals surface area contributed by atoms with Gasteiger partial charge in [0.1, 0.15) is 11.5 Å². The zero-order valence-corrected chi connectivity index (χ0v) is 9.13. The fourth-order valence-electron chi connectivity index (χ4n) is 1.65. The quantitative estimate of drug-likeness (QED) is 0.628. The van der Waals surface area contributed by atoms with Crippen LogP contribution >= 0.6 is 0 Å². The van der Waals surface area contributed by atoms with E-state index in [-0.39, 0.29) is 5.41 Å². The summed E-state index contributed by atoms with van der Waals surface area (Å²) in [5, 5.41) is 0. The molecule has 0 amide bonds. The average Bonchev–Trinajstić information content (AvgIpc) is 2.47. The highest BCUT2D eigenvalue weighted by Crippen LogP contribution is 2.34. The first-order valence-corrected chi connectivity index (χ1v) is 4.89.